The molecular weight excluding hydrogens is 230 g/mol. The van der Waals surface area contributed by atoms with Crippen LogP contribution in [0.2, 0.25) is 0 Å². The van der Waals surface area contributed by atoms with Crippen LogP contribution in [0.5, 0.6) is 0 Å². The van der Waals surface area contributed by atoms with Crippen molar-refractivity contribution in [3.63, 3.8) is 0 Å². The number of aliphatic carboxylic acids is 1. The minimum atomic E-state index is -0.977. The van der Waals surface area contributed by atoms with Crippen LogP contribution in [0.25, 0.3) is 0 Å². The van der Waals surface area contributed by atoms with E-state index in [1.165, 1.54) is 6.92 Å². The number of carboxylic acid groups (broad SMARTS) is 1. The number of nitrogens with one attached hydrogen (secondary N) is 2. The molecule has 0 spiro atoms. The second-order valence-electron chi connectivity index (χ2n) is 3.39. The molecule has 1 unspecified atom stereocenters. The number of ether oxygens (including phenoxy) is 1. The van der Waals surface area contributed by atoms with Gasteiger partial charge in [0.15, 0.2) is 0 Å². The summed E-state index contributed by atoms with van der Waals surface area (Å²) in [5, 5.41) is 13.4. The van der Waals surface area contributed by atoms with Crippen LogP contribution in [0.3, 0.4) is 0 Å². The standard InChI is InChI=1S/C9H17N3O5/c1-6(8(14)15)4-12-9(16)11-2-3-17-5-7(10)13/h6H,2-5H2,1H3,(H2,10,13)(H,14,15)(H2,11,12,16). The summed E-state index contributed by atoms with van der Waals surface area (Å²) in [6, 6.07) is -0.485. The number of carboxylic acids is 1. The van der Waals surface area contributed by atoms with E-state index < -0.39 is 23.8 Å². The van der Waals surface area contributed by atoms with Crippen LogP contribution in [0, 0.1) is 5.92 Å². The van der Waals surface area contributed by atoms with Crippen molar-refractivity contribution in [3.05, 3.63) is 0 Å². The Morgan fingerprint density at radius 3 is 2.53 bits per heavy atom. The number of primary amides is 1. The minimum Gasteiger partial charge on any atom is -0.481 e. The molecule has 98 valence electrons. The Morgan fingerprint density at radius 1 is 1.35 bits per heavy atom. The Hall–Kier alpha value is -1.83. The Morgan fingerprint density at radius 2 is 2.00 bits per heavy atom. The predicted molar refractivity (Wildman–Crippen MR) is 58.2 cm³/mol. The van der Waals surface area contributed by atoms with Crippen molar-refractivity contribution in [2.75, 3.05) is 26.3 Å². The normalized spacial score (nSPS) is 11.6. The van der Waals surface area contributed by atoms with Gasteiger partial charge in [-0.2, -0.15) is 0 Å². The van der Waals surface area contributed by atoms with Crippen LogP contribution in [0.1, 0.15) is 6.92 Å². The van der Waals surface area contributed by atoms with E-state index in [0.29, 0.717) is 0 Å². The lowest BCUT2D eigenvalue weighted by Gasteiger charge is -2.09. The number of carbonyl (C=O) groups is 3. The lowest BCUT2D eigenvalue weighted by molar-refractivity contribution is -0.140. The summed E-state index contributed by atoms with van der Waals surface area (Å²) in [7, 11) is 0. The average molecular weight is 247 g/mol. The van der Waals surface area contributed by atoms with Gasteiger partial charge in [-0.05, 0) is 0 Å². The molecule has 5 N–H and O–H groups in total. The van der Waals surface area contributed by atoms with Crippen LogP contribution in [-0.2, 0) is 14.3 Å². The van der Waals surface area contributed by atoms with E-state index in [1.807, 2.05) is 0 Å². The van der Waals surface area contributed by atoms with Crippen LogP contribution >= 0.6 is 0 Å². The summed E-state index contributed by atoms with van der Waals surface area (Å²) in [6.07, 6.45) is 0. The van der Waals surface area contributed by atoms with Gasteiger partial charge in [-0.1, -0.05) is 6.92 Å². The number of hydrogen-bond acceptors (Lipinski definition) is 4. The molecule has 8 heteroatoms. The summed E-state index contributed by atoms with van der Waals surface area (Å²) in [5.74, 6) is -2.20. The maximum atomic E-state index is 11.1. The van der Waals surface area contributed by atoms with Crippen molar-refractivity contribution >= 4 is 17.9 Å². The lowest BCUT2D eigenvalue weighted by Crippen LogP contribution is -2.40. The number of rotatable bonds is 8. The van der Waals surface area contributed by atoms with Gasteiger partial charge < -0.3 is 26.2 Å². The Kier molecular flexibility index (Phi) is 7.44. The van der Waals surface area contributed by atoms with Gasteiger partial charge in [0.25, 0.3) is 0 Å². The minimum absolute atomic E-state index is 0.0450. The highest BCUT2D eigenvalue weighted by Crippen LogP contribution is 1.90. The third kappa shape index (κ3) is 9.12. The zero-order valence-electron chi connectivity index (χ0n) is 9.56. The van der Waals surface area contributed by atoms with Crippen molar-refractivity contribution < 1.29 is 24.2 Å². The predicted octanol–water partition coefficient (Wildman–Crippen LogP) is -1.49. The highest BCUT2D eigenvalue weighted by atomic mass is 16.5. The first kappa shape index (κ1) is 15.2. The molecule has 8 nitrogen and oxygen atoms in total. The lowest BCUT2D eigenvalue weighted by atomic mass is 10.2. The molecule has 0 aromatic heterocycles. The molecule has 0 aliphatic heterocycles. The molecule has 3 amide bonds. The largest absolute Gasteiger partial charge is 0.481 e. The maximum Gasteiger partial charge on any atom is 0.314 e. The molecule has 0 aromatic rings. The van der Waals surface area contributed by atoms with Gasteiger partial charge in [0.2, 0.25) is 5.91 Å². The fourth-order valence-corrected chi connectivity index (χ4v) is 0.805. The van der Waals surface area contributed by atoms with Crippen molar-refractivity contribution in [1.82, 2.24) is 10.6 Å². The van der Waals surface area contributed by atoms with Crippen molar-refractivity contribution in [3.8, 4) is 0 Å². The molecule has 0 radical (unpaired) electrons. The summed E-state index contributed by atoms with van der Waals surface area (Å²) in [6.45, 7) is 1.70. The van der Waals surface area contributed by atoms with E-state index in [9.17, 15) is 14.4 Å². The number of hydrogen-bond donors (Lipinski definition) is 4. The summed E-state index contributed by atoms with van der Waals surface area (Å²) in [5.41, 5.74) is 4.82. The van der Waals surface area contributed by atoms with Gasteiger partial charge in [0, 0.05) is 13.1 Å². The third-order valence-corrected chi connectivity index (χ3v) is 1.77. The first-order valence-electron chi connectivity index (χ1n) is 5.04. The molecule has 0 aliphatic rings. The fourth-order valence-electron chi connectivity index (χ4n) is 0.805. The number of urea groups is 1. The summed E-state index contributed by atoms with van der Waals surface area (Å²) in [4.78, 5) is 31.8. The highest BCUT2D eigenvalue weighted by molar-refractivity contribution is 5.76. The quantitative estimate of drug-likeness (QED) is 0.388. The molecule has 0 bridgehead atoms. The van der Waals surface area contributed by atoms with Gasteiger partial charge in [-0.15, -0.1) is 0 Å². The first-order chi connectivity index (χ1) is 7.93. The highest BCUT2D eigenvalue weighted by Gasteiger charge is 2.11. The number of carbonyl (C=O) groups excluding carboxylic acids is 2. The molecule has 0 aromatic carbocycles. The van der Waals surface area contributed by atoms with Gasteiger partial charge in [-0.25, -0.2) is 4.79 Å². The SMILES string of the molecule is CC(CNC(=O)NCCOCC(N)=O)C(=O)O. The molecule has 0 fully saturated rings. The van der Waals surface area contributed by atoms with E-state index in [4.69, 9.17) is 15.6 Å². The zero-order chi connectivity index (χ0) is 13.3. The Labute approximate surface area is 98.5 Å². The smallest absolute Gasteiger partial charge is 0.314 e. The van der Waals surface area contributed by atoms with Crippen LogP contribution < -0.4 is 16.4 Å². The monoisotopic (exact) mass is 247 g/mol. The molecule has 0 heterocycles. The molecule has 0 saturated heterocycles. The van der Waals surface area contributed by atoms with Gasteiger partial charge >= 0.3 is 12.0 Å². The molecule has 0 saturated carbocycles. The topological polar surface area (TPSA) is 131 Å². The second kappa shape index (κ2) is 8.34. The van der Waals surface area contributed by atoms with E-state index in [0.717, 1.165) is 0 Å². The Bertz CT molecular complexity index is 282. The van der Waals surface area contributed by atoms with Crippen molar-refractivity contribution in [2.24, 2.45) is 11.7 Å². The second-order valence-corrected chi connectivity index (χ2v) is 3.39. The summed E-state index contributed by atoms with van der Waals surface area (Å²) < 4.78 is 4.80. The molecule has 0 aliphatic carbocycles. The van der Waals surface area contributed by atoms with E-state index >= 15 is 0 Å². The van der Waals surface area contributed by atoms with E-state index in [1.54, 1.807) is 0 Å². The average Bonchev–Trinajstić information content (AvgIpc) is 2.24. The Balaban J connectivity index is 3.47. The molecular formula is C9H17N3O5. The van der Waals surface area contributed by atoms with Crippen LogP contribution in [0.4, 0.5) is 4.79 Å². The zero-order valence-corrected chi connectivity index (χ0v) is 9.56. The molecule has 1 atom stereocenters. The van der Waals surface area contributed by atoms with Crippen molar-refractivity contribution in [1.29, 1.82) is 0 Å². The third-order valence-electron chi connectivity index (χ3n) is 1.77. The fraction of sp³-hybridized carbons (Fsp3) is 0.667. The number of amides is 3. The number of nitrogens with two attached hydrogens (primary N) is 1. The van der Waals surface area contributed by atoms with Gasteiger partial charge in [0.05, 0.1) is 12.5 Å². The molecule has 0 rings (SSSR count). The van der Waals surface area contributed by atoms with Crippen LogP contribution in [0.15, 0.2) is 0 Å². The first-order valence-corrected chi connectivity index (χ1v) is 5.04. The van der Waals surface area contributed by atoms with Crippen molar-refractivity contribution in [2.45, 2.75) is 6.92 Å². The van der Waals surface area contributed by atoms with E-state index in [-0.39, 0.29) is 26.3 Å². The van der Waals surface area contributed by atoms with Gasteiger partial charge in [-0.3, -0.25) is 9.59 Å². The van der Waals surface area contributed by atoms with E-state index in [2.05, 4.69) is 10.6 Å². The molecule has 17 heavy (non-hydrogen) atoms. The van der Waals surface area contributed by atoms with Gasteiger partial charge in [0.1, 0.15) is 6.61 Å². The maximum absolute atomic E-state index is 11.1. The summed E-state index contributed by atoms with van der Waals surface area (Å²) >= 11 is 0. The van der Waals surface area contributed by atoms with Crippen LogP contribution in [-0.4, -0.2) is 49.3 Å².